The molecular weight excluding hydrogens is 1760 g/mol. The van der Waals surface area contributed by atoms with Crippen LogP contribution in [-0.2, 0) is 12.8 Å². The van der Waals surface area contributed by atoms with Gasteiger partial charge in [-0.3, -0.25) is 0 Å². The molecule has 0 saturated heterocycles. The minimum atomic E-state index is -2.12. The van der Waals surface area contributed by atoms with Crippen LogP contribution in [0.5, 0.6) is 11.5 Å². The van der Waals surface area contributed by atoms with Crippen LogP contribution in [0.4, 0.5) is 11.4 Å². The summed E-state index contributed by atoms with van der Waals surface area (Å²) in [6.07, 6.45) is 39.3. The van der Waals surface area contributed by atoms with Gasteiger partial charge in [-0.25, -0.2) is 4.99 Å². The number of hydrogen-bond donors (Lipinski definition) is 0. The first kappa shape index (κ1) is 85.2. The fourth-order valence-corrected chi connectivity index (χ4v) is 32.1. The second kappa shape index (κ2) is 42.1. The number of rotatable bonds is 39. The normalized spacial score (nSPS) is 12.8. The Labute approximate surface area is 686 Å². The quantitative estimate of drug-likeness (QED) is 0.0281. The maximum atomic E-state index is 6.58. The molecule has 0 fully saturated rings. The summed E-state index contributed by atoms with van der Waals surface area (Å²) in [5.74, 6) is 1.87. The minimum absolute atomic E-state index is 0.744. The number of aliphatic imine (C=N–C) groups is 2. The van der Waals surface area contributed by atoms with E-state index in [1.165, 1.54) is 271 Å². The number of aryl methyl sites for hydroxylation is 4. The summed E-state index contributed by atoms with van der Waals surface area (Å²) < 4.78 is 36.2. The first-order valence-electron chi connectivity index (χ1n) is 40.3. The fraction of sp³-hybridized carbons (Fsp3) is 0.523. The van der Waals surface area contributed by atoms with Gasteiger partial charge in [0.1, 0.15) is 33.6 Å². The van der Waals surface area contributed by atoms with Gasteiger partial charge in [0.15, 0.2) is 0 Å². The number of benzene rings is 4. The predicted molar refractivity (Wildman–Crippen MR) is 483 cm³/mol. The van der Waals surface area contributed by atoms with E-state index >= 15 is 0 Å². The van der Waals surface area contributed by atoms with Crippen molar-refractivity contribution in [1.82, 2.24) is 17.5 Å². The molecular formula is C88H118Br2N6O2S6Sn2. The van der Waals surface area contributed by atoms with Crippen LogP contribution >= 0.6 is 101 Å². The van der Waals surface area contributed by atoms with Gasteiger partial charge in [-0.1, -0.05) is 188 Å². The van der Waals surface area contributed by atoms with Gasteiger partial charge in [-0.15, -0.1) is 22.7 Å². The third kappa shape index (κ3) is 22.6. The molecule has 12 rings (SSSR count). The second-order valence-electron chi connectivity index (χ2n) is 31.6. The Morgan fingerprint density at radius 3 is 1.19 bits per heavy atom. The molecule has 4 aromatic carbocycles. The first-order valence-corrected chi connectivity index (χ1v) is 66.5. The van der Waals surface area contributed by atoms with Crippen LogP contribution < -0.4 is 15.3 Å². The summed E-state index contributed by atoms with van der Waals surface area (Å²) in [4.78, 5) is 33.9. The molecule has 2 aliphatic rings. The summed E-state index contributed by atoms with van der Waals surface area (Å²) in [5, 5.41) is 0. The van der Waals surface area contributed by atoms with Crippen molar-refractivity contribution in [3.05, 3.63) is 137 Å². The topological polar surface area (TPSA) is 94.7 Å². The van der Waals surface area contributed by atoms with E-state index in [-0.39, 0.29) is 0 Å². The number of nitrogens with zero attached hydrogens (tertiary/aromatic N) is 6. The SMILES string of the molecule is CCCCCCCCCCCCOc1c(C)c(-c2cc3c(s2)-c2sc(C)cc2C3=Nc2ccc(CCCCCC)cc2)c2nsnc2c1C.CCCCCCCCCCCCOc1c(C)c(Br)c2nsnc2c1Br.CCCCCCc1ccc(N=C2c3c[c]([Sn]([CH3])([CH3])[CH3])sc3-c3s[c]([Sn]([CH3])([CH3])[CH3])cc32)cc1. The average molecular weight is 1880 g/mol. The molecule has 8 nitrogen and oxygen atoms in total. The predicted octanol–water partition coefficient (Wildman–Crippen LogP) is 30.0. The zero-order chi connectivity index (χ0) is 75.3. The number of aromatic nitrogens is 4. The van der Waals surface area contributed by atoms with Crippen LogP contribution in [0.1, 0.15) is 262 Å². The summed E-state index contributed by atoms with van der Waals surface area (Å²) in [5.41, 5.74) is 20.8. The molecule has 2 aliphatic carbocycles. The van der Waals surface area contributed by atoms with Crippen molar-refractivity contribution < 1.29 is 9.47 Å². The molecule has 106 heavy (non-hydrogen) atoms. The van der Waals surface area contributed by atoms with Crippen molar-refractivity contribution in [2.24, 2.45) is 9.98 Å². The number of hydrogen-bond acceptors (Lipinski definition) is 14. The number of halogens is 2. The van der Waals surface area contributed by atoms with Crippen LogP contribution in [0.3, 0.4) is 0 Å². The van der Waals surface area contributed by atoms with Crippen molar-refractivity contribution in [3.8, 4) is 41.4 Å². The van der Waals surface area contributed by atoms with Gasteiger partial charge in [0.2, 0.25) is 0 Å². The monoisotopic (exact) mass is 1880 g/mol. The third-order valence-electron chi connectivity index (χ3n) is 20.6. The summed E-state index contributed by atoms with van der Waals surface area (Å²) in [6, 6.07) is 27.6. The van der Waals surface area contributed by atoms with E-state index < -0.39 is 36.8 Å². The first-order chi connectivity index (χ1) is 51.2. The Balaban J connectivity index is 0.000000182. The van der Waals surface area contributed by atoms with E-state index in [1.54, 1.807) is 5.79 Å². The molecule has 0 aliphatic heterocycles. The average Bonchev–Trinajstić information content (AvgIpc) is 1.57. The van der Waals surface area contributed by atoms with Crippen molar-refractivity contribution in [3.63, 3.8) is 0 Å². The molecule has 0 bridgehead atoms. The summed E-state index contributed by atoms with van der Waals surface area (Å²) in [7, 11) is 0. The van der Waals surface area contributed by atoms with E-state index in [2.05, 4.69) is 221 Å². The number of ether oxygens (including phenoxy) is 2. The number of thiophene rings is 4. The molecule has 0 saturated carbocycles. The van der Waals surface area contributed by atoms with Crippen LogP contribution in [0, 0.1) is 27.7 Å². The number of unbranched alkanes of at least 4 members (excludes halogenated alkanes) is 24. The molecule has 0 spiro atoms. The molecule has 0 amide bonds. The van der Waals surface area contributed by atoms with E-state index in [1.807, 2.05) is 22.7 Å². The van der Waals surface area contributed by atoms with Gasteiger partial charge in [-0.2, -0.15) is 17.5 Å². The van der Waals surface area contributed by atoms with E-state index in [0.29, 0.717) is 0 Å². The van der Waals surface area contributed by atoms with Crippen LogP contribution in [0.2, 0.25) is 29.6 Å². The molecule has 6 aromatic heterocycles. The van der Waals surface area contributed by atoms with Crippen molar-refractivity contribution in [1.29, 1.82) is 0 Å². The second-order valence-corrected chi connectivity index (χ2v) is 69.4. The molecule has 0 radical (unpaired) electrons. The van der Waals surface area contributed by atoms with Gasteiger partial charge in [-0.05, 0) is 115 Å². The standard InChI is InChI=1S/C42H53N3OS3.C21H19NS2.C19H28Br2N2OS.6CH3.2Sn/c1-6-8-10-12-13-14-15-16-17-19-25-46-40-29(4)36(39-37(30(40)5)44-49-45-39)35-27-34-38(33-26-28(3)47-41(33)42(34)48-35)43-32-23-21-31(22-24-32)20-18-11-9-7-2;1-2-3-4-5-6-15-7-9-16(10-8-15)22-19-17-11-13-23-20(17)21-18(19)12-14-24-21;1-3-4-5-6-7-8-9-10-11-12-13-24-19-14(2)15(20)17-18(16(19)21)23-25-22-17;;;;;;;;/h21-24,26-27H,6-20,25H2,1-5H3;7-12H,2-6H2,1H3;3-13H2,1-2H3;6*1H3;;. The van der Waals surface area contributed by atoms with Gasteiger partial charge < -0.3 is 9.47 Å². The Morgan fingerprint density at radius 1 is 0.368 bits per heavy atom. The van der Waals surface area contributed by atoms with E-state index in [0.717, 1.165) is 109 Å². The van der Waals surface area contributed by atoms with Gasteiger partial charge in [0, 0.05) is 43.1 Å². The van der Waals surface area contributed by atoms with Crippen LogP contribution in [0.25, 0.3) is 52.0 Å². The van der Waals surface area contributed by atoms with E-state index in [4.69, 9.17) is 28.2 Å². The number of fused-ring (bicyclic) bond motifs is 8. The van der Waals surface area contributed by atoms with E-state index in [9.17, 15) is 0 Å². The maximum absolute atomic E-state index is 6.58. The molecule has 6 heterocycles. The van der Waals surface area contributed by atoms with Gasteiger partial charge in [0.25, 0.3) is 0 Å². The van der Waals surface area contributed by atoms with Crippen LogP contribution in [-0.4, -0.2) is 78.9 Å². The van der Waals surface area contributed by atoms with Crippen molar-refractivity contribution in [2.45, 2.75) is 278 Å². The summed E-state index contributed by atoms with van der Waals surface area (Å²) in [6.45, 7) is 19.2. The van der Waals surface area contributed by atoms with Crippen molar-refractivity contribution in [2.75, 3.05) is 13.2 Å². The van der Waals surface area contributed by atoms with Crippen LogP contribution in [0.15, 0.2) is 91.7 Å². The third-order valence-corrected chi connectivity index (χ3v) is 47.0. The molecule has 10 aromatic rings. The van der Waals surface area contributed by atoms with Crippen molar-refractivity contribution >= 4 is 188 Å². The molecule has 0 unspecified atom stereocenters. The Kier molecular flexibility index (Phi) is 33.8. The van der Waals surface area contributed by atoms with Gasteiger partial charge >= 0.3 is 193 Å². The van der Waals surface area contributed by atoms with Gasteiger partial charge in [0.05, 0.1) is 66.8 Å². The Morgan fingerprint density at radius 2 is 0.736 bits per heavy atom. The molecule has 570 valence electrons. The Hall–Kier alpha value is -3.18. The molecule has 18 heteroatoms. The Bertz CT molecular complexity index is 4440. The summed E-state index contributed by atoms with van der Waals surface area (Å²) >= 11 is 13.4. The molecule has 0 N–H and O–H groups in total. The molecule has 0 atom stereocenters. The zero-order valence-corrected chi connectivity index (χ0v) is 80.0. The zero-order valence-electron chi connectivity index (χ0n) is 66.3. The fourth-order valence-electron chi connectivity index (χ4n) is 14.2.